The van der Waals surface area contributed by atoms with Crippen molar-refractivity contribution in [3.8, 4) is 0 Å². The fourth-order valence-electron chi connectivity index (χ4n) is 3.31. The third kappa shape index (κ3) is 2.62. The van der Waals surface area contributed by atoms with Crippen LogP contribution < -0.4 is 0 Å². The van der Waals surface area contributed by atoms with E-state index >= 15 is 0 Å². The number of hydrogen-bond acceptors (Lipinski definition) is 6. The average Bonchev–Trinajstić information content (AvgIpc) is 2.99. The van der Waals surface area contributed by atoms with Gasteiger partial charge in [-0.2, -0.15) is 0 Å². The number of rotatable bonds is 5. The van der Waals surface area contributed by atoms with Gasteiger partial charge < -0.3 is 4.74 Å². The lowest BCUT2D eigenvalue weighted by atomic mass is 10.1. The molecule has 0 aliphatic carbocycles. The monoisotopic (exact) mass is 349 g/mol. The summed E-state index contributed by atoms with van der Waals surface area (Å²) >= 11 is 0. The number of amidine groups is 1. The minimum Gasteiger partial charge on any atom is -0.378 e. The van der Waals surface area contributed by atoms with Crippen LogP contribution in [-0.2, 0) is 9.53 Å². The molecule has 0 radical (unpaired) electrons. The van der Waals surface area contributed by atoms with Gasteiger partial charge in [-0.25, -0.2) is 9.37 Å². The Kier molecular flexibility index (Phi) is 4.59. The number of aliphatic imine (C=N–C) groups is 1. The Morgan fingerprint density at radius 3 is 2.64 bits per heavy atom. The molecule has 0 aromatic rings. The van der Waals surface area contributed by atoms with Gasteiger partial charge in [-0.05, 0) is 27.7 Å². The summed E-state index contributed by atoms with van der Waals surface area (Å²) in [5.74, 6) is 0.835. The van der Waals surface area contributed by atoms with Gasteiger partial charge in [-0.15, -0.1) is 10.1 Å². The lowest BCUT2D eigenvalue weighted by Gasteiger charge is -2.35. The highest BCUT2D eigenvalue weighted by Gasteiger charge is 2.55. The lowest BCUT2D eigenvalue weighted by molar-refractivity contribution is -0.559. The molecule has 3 rings (SSSR count). The van der Waals surface area contributed by atoms with Gasteiger partial charge in [0.1, 0.15) is 12.6 Å². The van der Waals surface area contributed by atoms with E-state index in [1.165, 1.54) is 9.80 Å². The Bertz CT molecular complexity index is 698. The van der Waals surface area contributed by atoms with E-state index in [1.54, 1.807) is 19.0 Å². The molecule has 25 heavy (non-hydrogen) atoms. The molecular formula is C16H25N6O3+. The summed E-state index contributed by atoms with van der Waals surface area (Å²) < 4.78 is 7.38. The van der Waals surface area contributed by atoms with Crippen molar-refractivity contribution in [1.29, 1.82) is 0 Å². The number of hydrazone groups is 1. The molecule has 0 N–H and O–H groups in total. The molecule has 1 fully saturated rings. The summed E-state index contributed by atoms with van der Waals surface area (Å²) in [5.41, 5.74) is 0.895. The van der Waals surface area contributed by atoms with Crippen molar-refractivity contribution >= 4 is 29.4 Å². The summed E-state index contributed by atoms with van der Waals surface area (Å²) in [5, 5.41) is 6.36. The van der Waals surface area contributed by atoms with Crippen LogP contribution in [0.5, 0.6) is 0 Å². The van der Waals surface area contributed by atoms with Crippen molar-refractivity contribution in [2.75, 3.05) is 33.4 Å². The van der Waals surface area contributed by atoms with Gasteiger partial charge in [0.2, 0.25) is 11.9 Å². The number of carbonyl (C=O) groups excluding carboxylic acids is 2. The van der Waals surface area contributed by atoms with Gasteiger partial charge in [0.15, 0.2) is 0 Å². The van der Waals surface area contributed by atoms with E-state index in [-0.39, 0.29) is 18.0 Å². The molecule has 3 aliphatic rings. The Labute approximate surface area is 147 Å². The van der Waals surface area contributed by atoms with Gasteiger partial charge in [0.05, 0.1) is 12.3 Å². The first-order valence-corrected chi connectivity index (χ1v) is 8.65. The lowest BCUT2D eigenvalue weighted by Crippen LogP contribution is -2.64. The topological polar surface area (TPSA) is 80.8 Å². The molecule has 136 valence electrons. The normalized spacial score (nSPS) is 26.0. The number of fused-ring (bicyclic) bond motifs is 2. The maximum Gasteiger partial charge on any atom is 0.417 e. The number of hydrogen-bond donors (Lipinski definition) is 0. The van der Waals surface area contributed by atoms with Crippen LogP contribution in [0.1, 0.15) is 27.7 Å². The van der Waals surface area contributed by atoms with Crippen molar-refractivity contribution in [2.45, 2.75) is 39.8 Å². The van der Waals surface area contributed by atoms with Gasteiger partial charge in [0.25, 0.3) is 5.91 Å². The van der Waals surface area contributed by atoms with Crippen LogP contribution in [0.2, 0.25) is 0 Å². The molecule has 0 saturated carbocycles. The van der Waals surface area contributed by atoms with E-state index in [4.69, 9.17) is 4.74 Å². The molecule has 0 bridgehead atoms. The summed E-state index contributed by atoms with van der Waals surface area (Å²) in [6.07, 6.45) is 0. The third-order valence-corrected chi connectivity index (χ3v) is 4.83. The highest BCUT2D eigenvalue weighted by atomic mass is 16.5. The number of likely N-dealkylation sites (N-methyl/N-ethyl adjacent to an activating group) is 2. The van der Waals surface area contributed by atoms with Crippen molar-refractivity contribution in [3.63, 3.8) is 0 Å². The number of urea groups is 1. The SMILES string of the molecule is CCOCCN1N=C(C)C(C)[N+]2=C1N=C1C2C(=O)N(CC)C(=O)N1C. The third-order valence-electron chi connectivity index (χ3n) is 4.83. The van der Waals surface area contributed by atoms with Crippen molar-refractivity contribution in [2.24, 2.45) is 10.1 Å². The van der Waals surface area contributed by atoms with Gasteiger partial charge in [-0.1, -0.05) is 4.99 Å². The fourth-order valence-corrected chi connectivity index (χ4v) is 3.31. The molecule has 9 heteroatoms. The maximum absolute atomic E-state index is 12.9. The second-order valence-electron chi connectivity index (χ2n) is 6.24. The van der Waals surface area contributed by atoms with Crippen LogP contribution >= 0.6 is 0 Å². The van der Waals surface area contributed by atoms with Crippen molar-refractivity contribution in [3.05, 3.63) is 0 Å². The zero-order valence-corrected chi connectivity index (χ0v) is 15.4. The Morgan fingerprint density at radius 1 is 1.28 bits per heavy atom. The first kappa shape index (κ1) is 17.5. The van der Waals surface area contributed by atoms with E-state index in [1.807, 2.05) is 25.3 Å². The summed E-state index contributed by atoms with van der Waals surface area (Å²) in [7, 11) is 1.66. The van der Waals surface area contributed by atoms with Gasteiger partial charge >= 0.3 is 12.0 Å². The van der Waals surface area contributed by atoms with Crippen LogP contribution in [0.3, 0.4) is 0 Å². The highest BCUT2D eigenvalue weighted by molar-refractivity contribution is 6.23. The zero-order valence-electron chi connectivity index (χ0n) is 15.4. The van der Waals surface area contributed by atoms with Crippen LogP contribution in [0.4, 0.5) is 4.79 Å². The molecule has 2 unspecified atom stereocenters. The first-order valence-electron chi connectivity index (χ1n) is 8.65. The van der Waals surface area contributed by atoms with E-state index in [2.05, 4.69) is 10.1 Å². The predicted octanol–water partition coefficient (Wildman–Crippen LogP) is 0.166. The van der Waals surface area contributed by atoms with Crippen LogP contribution in [0, 0.1) is 0 Å². The van der Waals surface area contributed by atoms with Crippen molar-refractivity contribution < 1.29 is 18.9 Å². The quantitative estimate of drug-likeness (QED) is 0.523. The molecule has 3 aliphatic heterocycles. The summed E-state index contributed by atoms with van der Waals surface area (Å²) in [6.45, 7) is 9.69. The standard InChI is InChI=1S/C16H25N6O3/c1-6-20-14(23)12-13(19(5)16(20)24)17-15-21(8-9-25-7-2)18-10(3)11(4)22(12)15/h11-12H,6-9H2,1-5H3/q+1. The molecular weight excluding hydrogens is 324 g/mol. The second kappa shape index (κ2) is 6.55. The van der Waals surface area contributed by atoms with Crippen LogP contribution in [0.15, 0.2) is 10.1 Å². The average molecular weight is 349 g/mol. The molecule has 3 heterocycles. The Hall–Kier alpha value is -2.29. The van der Waals surface area contributed by atoms with Crippen LogP contribution in [0.25, 0.3) is 0 Å². The minimum absolute atomic E-state index is 0.0751. The Balaban J connectivity index is 2.00. The van der Waals surface area contributed by atoms with Gasteiger partial charge in [-0.3, -0.25) is 14.6 Å². The first-order chi connectivity index (χ1) is 11.9. The van der Waals surface area contributed by atoms with Crippen LogP contribution in [-0.4, -0.2) is 94.3 Å². The number of amides is 3. The maximum atomic E-state index is 12.9. The van der Waals surface area contributed by atoms with Gasteiger partial charge in [0, 0.05) is 20.2 Å². The molecule has 2 atom stereocenters. The highest BCUT2D eigenvalue weighted by Crippen LogP contribution is 2.25. The molecule has 0 aromatic heterocycles. The smallest absolute Gasteiger partial charge is 0.378 e. The number of nitrogens with zero attached hydrogens (tertiary/aromatic N) is 6. The van der Waals surface area contributed by atoms with Crippen molar-refractivity contribution in [1.82, 2.24) is 14.8 Å². The minimum atomic E-state index is -0.590. The molecule has 0 aromatic carbocycles. The van der Waals surface area contributed by atoms with E-state index in [0.717, 1.165) is 5.71 Å². The second-order valence-corrected chi connectivity index (χ2v) is 6.24. The van der Waals surface area contributed by atoms with E-state index in [0.29, 0.717) is 38.1 Å². The largest absolute Gasteiger partial charge is 0.417 e. The molecule has 9 nitrogen and oxygen atoms in total. The number of carbonyl (C=O) groups is 2. The fraction of sp³-hybridized carbons (Fsp3) is 0.688. The number of imide groups is 1. The molecule has 0 spiro atoms. The summed E-state index contributed by atoms with van der Waals surface area (Å²) in [6, 6.07) is -1.00. The van der Waals surface area contributed by atoms with E-state index < -0.39 is 6.04 Å². The Morgan fingerprint density at radius 2 is 2.00 bits per heavy atom. The summed E-state index contributed by atoms with van der Waals surface area (Å²) in [4.78, 5) is 32.7. The molecule has 1 saturated heterocycles. The predicted molar refractivity (Wildman–Crippen MR) is 92.8 cm³/mol. The zero-order chi connectivity index (χ0) is 18.3. The number of guanidine groups is 1. The number of ether oxygens (including phenoxy) is 1. The molecule has 3 amide bonds. The van der Waals surface area contributed by atoms with E-state index in [9.17, 15) is 9.59 Å².